The van der Waals surface area contributed by atoms with Crippen LogP contribution in [0.3, 0.4) is 0 Å². The molecule has 0 atom stereocenters. The number of hydrogen-bond acceptors (Lipinski definition) is 3. The SMILES string of the molecule is O=C1c2cccnc2CN1CC1=C(F)CC=C(c2cnc3ccccn23)C=C1F. The molecule has 0 aromatic carbocycles. The number of rotatable bonds is 3. The van der Waals surface area contributed by atoms with Gasteiger partial charge in [0, 0.05) is 24.4 Å². The maximum atomic E-state index is 15.0. The Morgan fingerprint density at radius 3 is 2.86 bits per heavy atom. The van der Waals surface area contributed by atoms with Crippen molar-refractivity contribution in [3.8, 4) is 0 Å². The summed E-state index contributed by atoms with van der Waals surface area (Å²) in [5, 5.41) is 0. The molecule has 3 aromatic rings. The smallest absolute Gasteiger partial charge is 0.256 e. The number of carbonyl (C=O) groups excluding carboxylic acids is 1. The lowest BCUT2D eigenvalue weighted by Gasteiger charge is -2.17. The van der Waals surface area contributed by atoms with Crippen molar-refractivity contribution in [3.63, 3.8) is 0 Å². The third kappa shape index (κ3) is 2.95. The number of nitrogens with zero attached hydrogens (tertiary/aromatic N) is 4. The third-order valence-electron chi connectivity index (χ3n) is 5.21. The van der Waals surface area contributed by atoms with E-state index in [0.717, 1.165) is 5.65 Å². The topological polar surface area (TPSA) is 50.5 Å². The summed E-state index contributed by atoms with van der Waals surface area (Å²) in [4.78, 5) is 22.4. The molecule has 0 saturated heterocycles. The summed E-state index contributed by atoms with van der Waals surface area (Å²) in [6.07, 6.45) is 7.97. The van der Waals surface area contributed by atoms with E-state index in [2.05, 4.69) is 9.97 Å². The van der Waals surface area contributed by atoms with Crippen molar-refractivity contribution < 1.29 is 13.6 Å². The molecule has 1 aliphatic heterocycles. The van der Waals surface area contributed by atoms with Crippen molar-refractivity contribution in [1.82, 2.24) is 19.3 Å². The standard InChI is InChI=1S/C22H16F2N4O/c23-17-7-6-14(20-11-26-21-5-1-2-9-28(20)21)10-18(24)16(17)12-27-13-19-15(22(27)29)4-3-8-25-19/h1-6,8-11H,7,12-13H2. The molecular formula is C22H16F2N4O. The quantitative estimate of drug-likeness (QED) is 0.672. The second-order valence-corrected chi connectivity index (χ2v) is 6.97. The lowest BCUT2D eigenvalue weighted by atomic mass is 10.1. The van der Waals surface area contributed by atoms with Gasteiger partial charge >= 0.3 is 0 Å². The molecule has 4 heterocycles. The van der Waals surface area contributed by atoms with Crippen LogP contribution in [0.2, 0.25) is 0 Å². The average Bonchev–Trinajstić information content (AvgIpc) is 3.26. The number of halogens is 2. The normalized spacial score (nSPS) is 16.8. The molecule has 0 saturated carbocycles. The Morgan fingerprint density at radius 2 is 2.00 bits per heavy atom. The fraction of sp³-hybridized carbons (Fsp3) is 0.136. The summed E-state index contributed by atoms with van der Waals surface area (Å²) in [5.41, 5.74) is 2.95. The Kier molecular flexibility index (Phi) is 4.08. The molecule has 2 aliphatic rings. The van der Waals surface area contributed by atoms with Gasteiger partial charge in [-0.05, 0) is 35.9 Å². The molecule has 1 amide bonds. The van der Waals surface area contributed by atoms with Gasteiger partial charge in [-0.2, -0.15) is 0 Å². The van der Waals surface area contributed by atoms with Crippen molar-refractivity contribution in [2.24, 2.45) is 0 Å². The summed E-state index contributed by atoms with van der Waals surface area (Å²) < 4.78 is 31.6. The van der Waals surface area contributed by atoms with Crippen molar-refractivity contribution in [3.05, 3.63) is 95.3 Å². The molecule has 0 spiro atoms. The molecule has 7 heteroatoms. The van der Waals surface area contributed by atoms with Crippen LogP contribution in [0.5, 0.6) is 0 Å². The van der Waals surface area contributed by atoms with Crippen LogP contribution < -0.4 is 0 Å². The molecule has 1 aliphatic carbocycles. The van der Waals surface area contributed by atoms with Crippen LogP contribution in [0, 0.1) is 0 Å². The van der Waals surface area contributed by atoms with E-state index in [1.807, 2.05) is 28.8 Å². The predicted octanol–water partition coefficient (Wildman–Crippen LogP) is 4.25. The number of allylic oxidation sites excluding steroid dienone is 4. The minimum Gasteiger partial charge on any atom is -0.328 e. The number of carbonyl (C=O) groups is 1. The van der Waals surface area contributed by atoms with E-state index in [-0.39, 0.29) is 31.0 Å². The largest absolute Gasteiger partial charge is 0.328 e. The fourth-order valence-electron chi connectivity index (χ4n) is 3.72. The van der Waals surface area contributed by atoms with E-state index >= 15 is 4.39 Å². The maximum Gasteiger partial charge on any atom is 0.256 e. The number of aromatic nitrogens is 3. The Labute approximate surface area is 165 Å². The Hall–Kier alpha value is -3.61. The van der Waals surface area contributed by atoms with Crippen LogP contribution in [-0.4, -0.2) is 31.7 Å². The van der Waals surface area contributed by atoms with Crippen molar-refractivity contribution in [2.75, 3.05) is 6.54 Å². The van der Waals surface area contributed by atoms with Gasteiger partial charge in [0.2, 0.25) is 0 Å². The van der Waals surface area contributed by atoms with E-state index in [9.17, 15) is 9.18 Å². The fourth-order valence-corrected chi connectivity index (χ4v) is 3.72. The summed E-state index contributed by atoms with van der Waals surface area (Å²) in [6, 6.07) is 8.92. The van der Waals surface area contributed by atoms with Crippen LogP contribution in [0.25, 0.3) is 11.2 Å². The first kappa shape index (κ1) is 17.5. The maximum absolute atomic E-state index is 15.0. The van der Waals surface area contributed by atoms with Gasteiger partial charge in [0.25, 0.3) is 5.91 Å². The van der Waals surface area contributed by atoms with E-state index in [4.69, 9.17) is 0 Å². The minimum atomic E-state index is -0.686. The molecule has 0 N–H and O–H groups in total. The monoisotopic (exact) mass is 390 g/mol. The number of hydrogen-bond donors (Lipinski definition) is 0. The van der Waals surface area contributed by atoms with Gasteiger partial charge in [-0.3, -0.25) is 14.2 Å². The molecule has 5 nitrogen and oxygen atoms in total. The molecule has 29 heavy (non-hydrogen) atoms. The molecule has 0 unspecified atom stereocenters. The average molecular weight is 390 g/mol. The summed E-state index contributed by atoms with van der Waals surface area (Å²) in [7, 11) is 0. The first-order valence-electron chi connectivity index (χ1n) is 9.22. The number of amides is 1. The van der Waals surface area contributed by atoms with E-state index in [0.29, 0.717) is 22.5 Å². The predicted molar refractivity (Wildman–Crippen MR) is 104 cm³/mol. The minimum absolute atomic E-state index is 0.0537. The highest BCUT2D eigenvalue weighted by molar-refractivity contribution is 5.98. The van der Waals surface area contributed by atoms with Gasteiger partial charge in [0.15, 0.2) is 0 Å². The Bertz CT molecular complexity index is 1240. The van der Waals surface area contributed by atoms with E-state index in [1.54, 1.807) is 30.6 Å². The van der Waals surface area contributed by atoms with Gasteiger partial charge in [-0.1, -0.05) is 12.1 Å². The first-order chi connectivity index (χ1) is 14.1. The van der Waals surface area contributed by atoms with Gasteiger partial charge in [-0.25, -0.2) is 13.8 Å². The Balaban J connectivity index is 1.44. The summed E-state index contributed by atoms with van der Waals surface area (Å²) in [6.45, 7) is 0.101. The Morgan fingerprint density at radius 1 is 1.10 bits per heavy atom. The van der Waals surface area contributed by atoms with Crippen LogP contribution in [-0.2, 0) is 6.54 Å². The highest BCUT2D eigenvalue weighted by atomic mass is 19.1. The van der Waals surface area contributed by atoms with Crippen LogP contribution in [0.1, 0.15) is 28.2 Å². The van der Waals surface area contributed by atoms with Gasteiger partial charge < -0.3 is 4.90 Å². The number of imidazole rings is 1. The van der Waals surface area contributed by atoms with Crippen molar-refractivity contribution in [2.45, 2.75) is 13.0 Å². The van der Waals surface area contributed by atoms with Gasteiger partial charge in [0.1, 0.15) is 17.3 Å². The van der Waals surface area contributed by atoms with Crippen LogP contribution >= 0.6 is 0 Å². The molecule has 0 radical (unpaired) electrons. The zero-order valence-electron chi connectivity index (χ0n) is 15.3. The van der Waals surface area contributed by atoms with Crippen molar-refractivity contribution in [1.29, 1.82) is 0 Å². The molecule has 0 bridgehead atoms. The molecular weight excluding hydrogens is 374 g/mol. The van der Waals surface area contributed by atoms with E-state index < -0.39 is 11.7 Å². The van der Waals surface area contributed by atoms with Crippen LogP contribution in [0.4, 0.5) is 8.78 Å². The van der Waals surface area contributed by atoms with Crippen molar-refractivity contribution >= 4 is 17.1 Å². The van der Waals surface area contributed by atoms with E-state index in [1.165, 1.54) is 11.0 Å². The summed E-state index contributed by atoms with van der Waals surface area (Å²) in [5.74, 6) is -1.53. The highest BCUT2D eigenvalue weighted by Gasteiger charge is 2.30. The number of pyridine rings is 2. The highest BCUT2D eigenvalue weighted by Crippen LogP contribution is 2.32. The first-order valence-corrected chi connectivity index (χ1v) is 9.22. The molecule has 3 aromatic heterocycles. The van der Waals surface area contributed by atoms with Crippen LogP contribution in [0.15, 0.2) is 78.3 Å². The second-order valence-electron chi connectivity index (χ2n) is 6.97. The van der Waals surface area contributed by atoms with Gasteiger partial charge in [-0.15, -0.1) is 0 Å². The second kappa shape index (κ2) is 6.77. The lowest BCUT2D eigenvalue weighted by Crippen LogP contribution is -2.26. The zero-order chi connectivity index (χ0) is 20.0. The molecule has 0 fully saturated rings. The summed E-state index contributed by atoms with van der Waals surface area (Å²) >= 11 is 0. The third-order valence-corrected chi connectivity index (χ3v) is 5.21. The molecule has 144 valence electrons. The molecule has 5 rings (SSSR count). The van der Waals surface area contributed by atoms with Gasteiger partial charge in [0.05, 0.1) is 36.2 Å². The zero-order valence-corrected chi connectivity index (χ0v) is 15.3. The lowest BCUT2D eigenvalue weighted by molar-refractivity contribution is 0.0791. The number of fused-ring (bicyclic) bond motifs is 2.